The monoisotopic (exact) mass is 336 g/mol. The number of hydrogen-bond donors (Lipinski definition) is 2. The third-order valence-electron chi connectivity index (χ3n) is 2.77. The zero-order chi connectivity index (χ0) is 15.5. The Labute approximate surface area is 129 Å². The molecule has 0 saturated carbocycles. The molecule has 20 heavy (non-hydrogen) atoms. The molecule has 112 valence electrons. The maximum Gasteiger partial charge on any atom is 0.244 e. The van der Waals surface area contributed by atoms with Crippen molar-refractivity contribution < 1.29 is 13.5 Å². The summed E-state index contributed by atoms with van der Waals surface area (Å²) in [4.78, 5) is 0.0577. The van der Waals surface area contributed by atoms with E-state index >= 15 is 0 Å². The molecule has 1 atom stereocenters. The summed E-state index contributed by atoms with van der Waals surface area (Å²) >= 11 is 10.8. The number of rotatable bonds is 6. The van der Waals surface area contributed by atoms with Crippen LogP contribution in [0, 0.1) is 0 Å². The van der Waals surface area contributed by atoms with Crippen LogP contribution < -0.4 is 5.73 Å². The van der Waals surface area contributed by atoms with Crippen LogP contribution in [0.1, 0.15) is 18.9 Å². The highest BCUT2D eigenvalue weighted by Crippen LogP contribution is 2.25. The fraction of sp³-hybridized carbons (Fsp3) is 0.417. The molecule has 8 heteroatoms. The van der Waals surface area contributed by atoms with E-state index in [4.69, 9.17) is 29.6 Å². The largest absolute Gasteiger partial charge is 0.393 e. The van der Waals surface area contributed by atoms with E-state index in [1.54, 1.807) is 13.0 Å². The lowest BCUT2D eigenvalue weighted by Gasteiger charge is -2.19. The highest BCUT2D eigenvalue weighted by atomic mass is 35.5. The summed E-state index contributed by atoms with van der Waals surface area (Å²) in [6.07, 6.45) is -0.242. The number of sulfonamides is 1. The molecule has 5 nitrogen and oxygen atoms in total. The van der Waals surface area contributed by atoms with Crippen LogP contribution in [0.2, 0.25) is 5.02 Å². The average Bonchev–Trinajstić information content (AvgIpc) is 2.35. The van der Waals surface area contributed by atoms with Gasteiger partial charge in [-0.3, -0.25) is 0 Å². The standard InChI is InChI=1S/C12H17ClN2O3S2/c1-8(16)5-6-15(2)20(17,18)11-7-9(12(14)19)3-4-10(11)13/h3-4,7-8,16H,5-6H2,1-2H3,(H2,14,19). The van der Waals surface area contributed by atoms with Gasteiger partial charge in [0, 0.05) is 19.2 Å². The van der Waals surface area contributed by atoms with Crippen molar-refractivity contribution in [1.82, 2.24) is 4.31 Å². The predicted octanol–water partition coefficient (Wildman–Crippen LogP) is 1.37. The molecule has 0 heterocycles. The Kier molecular flexibility index (Phi) is 5.91. The van der Waals surface area contributed by atoms with Gasteiger partial charge < -0.3 is 10.8 Å². The number of aliphatic hydroxyl groups excluding tert-OH is 1. The molecule has 0 aromatic heterocycles. The summed E-state index contributed by atoms with van der Waals surface area (Å²) in [7, 11) is -2.31. The van der Waals surface area contributed by atoms with E-state index in [0.29, 0.717) is 12.0 Å². The van der Waals surface area contributed by atoms with Gasteiger partial charge in [-0.2, -0.15) is 0 Å². The molecule has 0 aliphatic rings. The number of nitrogens with two attached hydrogens (primary N) is 1. The van der Waals surface area contributed by atoms with Crippen LogP contribution in [0.3, 0.4) is 0 Å². The van der Waals surface area contributed by atoms with Crippen molar-refractivity contribution in [2.24, 2.45) is 5.73 Å². The lowest BCUT2D eigenvalue weighted by atomic mass is 10.2. The van der Waals surface area contributed by atoms with E-state index in [9.17, 15) is 13.5 Å². The molecule has 0 radical (unpaired) electrons. The van der Waals surface area contributed by atoms with Gasteiger partial charge in [-0.25, -0.2) is 12.7 Å². The van der Waals surface area contributed by atoms with Crippen molar-refractivity contribution in [3.05, 3.63) is 28.8 Å². The van der Waals surface area contributed by atoms with Gasteiger partial charge in [0.25, 0.3) is 0 Å². The average molecular weight is 337 g/mol. The number of aliphatic hydroxyl groups is 1. The fourth-order valence-corrected chi connectivity index (χ4v) is 3.32. The van der Waals surface area contributed by atoms with Crippen molar-refractivity contribution in [2.45, 2.75) is 24.3 Å². The first-order valence-electron chi connectivity index (χ1n) is 5.90. The van der Waals surface area contributed by atoms with E-state index in [1.807, 2.05) is 0 Å². The lowest BCUT2D eigenvalue weighted by molar-refractivity contribution is 0.177. The maximum atomic E-state index is 12.4. The van der Waals surface area contributed by atoms with Crippen molar-refractivity contribution in [3.63, 3.8) is 0 Å². The van der Waals surface area contributed by atoms with Gasteiger partial charge in [-0.1, -0.05) is 29.9 Å². The SMILES string of the molecule is CC(O)CCN(C)S(=O)(=O)c1cc(C(N)=S)ccc1Cl. The van der Waals surface area contributed by atoms with Crippen LogP contribution in [-0.2, 0) is 10.0 Å². The summed E-state index contributed by atoms with van der Waals surface area (Å²) in [6, 6.07) is 4.38. The van der Waals surface area contributed by atoms with Gasteiger partial charge in [0.1, 0.15) is 9.88 Å². The van der Waals surface area contributed by atoms with Crippen molar-refractivity contribution in [2.75, 3.05) is 13.6 Å². The minimum atomic E-state index is -3.75. The Morgan fingerprint density at radius 3 is 2.65 bits per heavy atom. The molecule has 1 aromatic rings. The van der Waals surface area contributed by atoms with E-state index in [2.05, 4.69) is 0 Å². The molecule has 0 spiro atoms. The van der Waals surface area contributed by atoms with Crippen LogP contribution in [-0.4, -0.2) is 42.5 Å². The second-order valence-electron chi connectivity index (χ2n) is 4.47. The van der Waals surface area contributed by atoms with Crippen LogP contribution in [0.25, 0.3) is 0 Å². The van der Waals surface area contributed by atoms with Crippen LogP contribution in [0.15, 0.2) is 23.1 Å². The summed E-state index contributed by atoms with van der Waals surface area (Å²) < 4.78 is 26.0. The number of hydrogen-bond acceptors (Lipinski definition) is 4. The topological polar surface area (TPSA) is 83.6 Å². The number of halogens is 1. The Hall–Kier alpha value is -0.730. The molecule has 1 unspecified atom stereocenters. The fourth-order valence-electron chi connectivity index (χ4n) is 1.51. The molecule has 0 fully saturated rings. The number of nitrogens with zero attached hydrogens (tertiary/aromatic N) is 1. The third-order valence-corrected chi connectivity index (χ3v) is 5.34. The van der Waals surface area contributed by atoms with E-state index in [-0.39, 0.29) is 21.5 Å². The third kappa shape index (κ3) is 4.13. The molecule has 1 aromatic carbocycles. The predicted molar refractivity (Wildman–Crippen MR) is 83.5 cm³/mol. The first-order chi connectivity index (χ1) is 9.16. The van der Waals surface area contributed by atoms with Crippen molar-refractivity contribution in [3.8, 4) is 0 Å². The summed E-state index contributed by atoms with van der Waals surface area (Å²) in [5, 5.41) is 9.33. The van der Waals surface area contributed by atoms with E-state index < -0.39 is 16.1 Å². The summed E-state index contributed by atoms with van der Waals surface area (Å²) in [6.45, 7) is 1.79. The van der Waals surface area contributed by atoms with Gasteiger partial charge in [0.15, 0.2) is 0 Å². The highest BCUT2D eigenvalue weighted by molar-refractivity contribution is 7.89. The summed E-state index contributed by atoms with van der Waals surface area (Å²) in [5.74, 6) is 0. The molecule has 0 saturated heterocycles. The van der Waals surface area contributed by atoms with Gasteiger partial charge in [0.2, 0.25) is 10.0 Å². The maximum absolute atomic E-state index is 12.4. The van der Waals surface area contributed by atoms with Crippen LogP contribution in [0.5, 0.6) is 0 Å². The molecule has 0 amide bonds. The zero-order valence-corrected chi connectivity index (χ0v) is 13.6. The Bertz CT molecular complexity index is 603. The smallest absolute Gasteiger partial charge is 0.244 e. The minimum absolute atomic E-state index is 0.0439. The van der Waals surface area contributed by atoms with Crippen LogP contribution >= 0.6 is 23.8 Å². The van der Waals surface area contributed by atoms with E-state index in [0.717, 1.165) is 4.31 Å². The first kappa shape index (κ1) is 17.3. The van der Waals surface area contributed by atoms with Crippen molar-refractivity contribution in [1.29, 1.82) is 0 Å². The normalized spacial score (nSPS) is 13.4. The molecular weight excluding hydrogens is 320 g/mol. The Morgan fingerprint density at radius 2 is 2.15 bits per heavy atom. The quantitative estimate of drug-likeness (QED) is 0.766. The highest BCUT2D eigenvalue weighted by Gasteiger charge is 2.24. The zero-order valence-electron chi connectivity index (χ0n) is 11.2. The summed E-state index contributed by atoms with van der Waals surface area (Å²) in [5.41, 5.74) is 5.93. The molecular formula is C12H17ClN2O3S2. The minimum Gasteiger partial charge on any atom is -0.393 e. The van der Waals surface area contributed by atoms with Gasteiger partial charge in [-0.15, -0.1) is 0 Å². The number of benzene rings is 1. The second kappa shape index (κ2) is 6.82. The Morgan fingerprint density at radius 1 is 1.55 bits per heavy atom. The molecule has 3 N–H and O–H groups in total. The van der Waals surface area contributed by atoms with Crippen molar-refractivity contribution >= 4 is 38.8 Å². The van der Waals surface area contributed by atoms with Gasteiger partial charge in [0.05, 0.1) is 11.1 Å². The molecule has 0 aliphatic carbocycles. The second-order valence-corrected chi connectivity index (χ2v) is 7.33. The molecule has 1 rings (SSSR count). The number of thiocarbonyl (C=S) groups is 1. The molecule has 0 bridgehead atoms. The first-order valence-corrected chi connectivity index (χ1v) is 8.12. The van der Waals surface area contributed by atoms with E-state index in [1.165, 1.54) is 19.2 Å². The van der Waals surface area contributed by atoms with Gasteiger partial charge >= 0.3 is 0 Å². The van der Waals surface area contributed by atoms with Gasteiger partial charge in [-0.05, 0) is 25.5 Å². The Balaban J connectivity index is 3.14. The van der Waals surface area contributed by atoms with Crippen LogP contribution in [0.4, 0.5) is 0 Å². The lowest BCUT2D eigenvalue weighted by Crippen LogP contribution is -2.30. The molecule has 0 aliphatic heterocycles.